The van der Waals surface area contributed by atoms with Crippen LogP contribution in [0.25, 0.3) is 0 Å². The van der Waals surface area contributed by atoms with Crippen LogP contribution in [0.4, 0.5) is 0 Å². The molecule has 5 nitrogen and oxygen atoms in total. The lowest BCUT2D eigenvalue weighted by Crippen LogP contribution is -2.32. The number of hydrogen-bond donors (Lipinski definition) is 2. The van der Waals surface area contributed by atoms with Gasteiger partial charge in [0.2, 0.25) is 5.91 Å². The van der Waals surface area contributed by atoms with Crippen LogP contribution in [-0.2, 0) is 4.79 Å². The van der Waals surface area contributed by atoms with Crippen molar-refractivity contribution in [1.82, 2.24) is 5.32 Å². The molecule has 0 bridgehead atoms. The molecule has 116 valence electrons. The van der Waals surface area contributed by atoms with Gasteiger partial charge in [0.25, 0.3) is 0 Å². The molecule has 1 fully saturated rings. The predicted octanol–water partition coefficient (Wildman–Crippen LogP) is 2.04. The van der Waals surface area contributed by atoms with E-state index in [9.17, 15) is 9.90 Å². The van der Waals surface area contributed by atoms with E-state index in [2.05, 4.69) is 5.32 Å². The third-order valence-corrected chi connectivity index (χ3v) is 3.99. The number of amides is 1. The Balaban J connectivity index is 1.93. The summed E-state index contributed by atoms with van der Waals surface area (Å²) >= 11 is 0. The summed E-state index contributed by atoms with van der Waals surface area (Å²) in [5.41, 5.74) is 0.694. The van der Waals surface area contributed by atoms with E-state index < -0.39 is 6.10 Å². The first-order valence-corrected chi connectivity index (χ1v) is 7.33. The Kier molecular flexibility index (Phi) is 5.44. The molecule has 1 amide bonds. The largest absolute Gasteiger partial charge is 0.493 e. The molecule has 0 heterocycles. The highest BCUT2D eigenvalue weighted by atomic mass is 16.5. The van der Waals surface area contributed by atoms with Crippen molar-refractivity contribution in [2.45, 2.75) is 31.8 Å². The van der Waals surface area contributed by atoms with Gasteiger partial charge in [-0.05, 0) is 30.5 Å². The van der Waals surface area contributed by atoms with Gasteiger partial charge in [0, 0.05) is 12.5 Å². The Bertz CT molecular complexity index is 483. The van der Waals surface area contributed by atoms with E-state index in [1.165, 1.54) is 0 Å². The zero-order valence-electron chi connectivity index (χ0n) is 12.6. The average Bonchev–Trinajstić information content (AvgIpc) is 3.06. The average molecular weight is 293 g/mol. The third-order valence-electron chi connectivity index (χ3n) is 3.99. The normalized spacial score (nSPS) is 16.5. The van der Waals surface area contributed by atoms with E-state index in [0.717, 1.165) is 25.7 Å². The van der Waals surface area contributed by atoms with Gasteiger partial charge < -0.3 is 19.9 Å². The highest BCUT2D eigenvalue weighted by Crippen LogP contribution is 2.30. The van der Waals surface area contributed by atoms with Gasteiger partial charge in [-0.15, -0.1) is 0 Å². The Labute approximate surface area is 125 Å². The van der Waals surface area contributed by atoms with Crippen LogP contribution in [0, 0.1) is 5.92 Å². The van der Waals surface area contributed by atoms with Gasteiger partial charge in [-0.2, -0.15) is 0 Å². The fourth-order valence-corrected chi connectivity index (χ4v) is 2.71. The van der Waals surface area contributed by atoms with Crippen LogP contribution in [0.15, 0.2) is 18.2 Å². The van der Waals surface area contributed by atoms with Crippen molar-refractivity contribution >= 4 is 5.91 Å². The topological polar surface area (TPSA) is 67.8 Å². The van der Waals surface area contributed by atoms with Crippen molar-refractivity contribution in [1.29, 1.82) is 0 Å². The van der Waals surface area contributed by atoms with Crippen LogP contribution >= 0.6 is 0 Å². The van der Waals surface area contributed by atoms with Gasteiger partial charge in [0.05, 0.1) is 20.3 Å². The van der Waals surface area contributed by atoms with Crippen LogP contribution in [0.2, 0.25) is 0 Å². The summed E-state index contributed by atoms with van der Waals surface area (Å²) in [5.74, 6) is 1.34. The lowest BCUT2D eigenvalue weighted by molar-refractivity contribution is -0.125. The summed E-state index contributed by atoms with van der Waals surface area (Å²) < 4.78 is 10.4. The predicted molar refractivity (Wildman–Crippen MR) is 79.5 cm³/mol. The Morgan fingerprint density at radius 1 is 1.29 bits per heavy atom. The van der Waals surface area contributed by atoms with Crippen molar-refractivity contribution in [3.05, 3.63) is 23.8 Å². The second-order valence-corrected chi connectivity index (χ2v) is 5.36. The molecule has 2 N–H and O–H groups in total. The van der Waals surface area contributed by atoms with E-state index in [0.29, 0.717) is 17.1 Å². The summed E-state index contributed by atoms with van der Waals surface area (Å²) in [6, 6.07) is 5.25. The van der Waals surface area contributed by atoms with Gasteiger partial charge >= 0.3 is 0 Å². The summed E-state index contributed by atoms with van der Waals surface area (Å²) in [6.45, 7) is 0.213. The molecular weight excluding hydrogens is 270 g/mol. The van der Waals surface area contributed by atoms with E-state index in [4.69, 9.17) is 9.47 Å². The maximum absolute atomic E-state index is 11.9. The van der Waals surface area contributed by atoms with Gasteiger partial charge in [-0.1, -0.05) is 18.9 Å². The first-order chi connectivity index (χ1) is 10.2. The number of methoxy groups -OCH3 is 2. The molecule has 1 aromatic carbocycles. The minimum atomic E-state index is -0.754. The summed E-state index contributed by atoms with van der Waals surface area (Å²) in [7, 11) is 3.12. The van der Waals surface area contributed by atoms with E-state index in [1.54, 1.807) is 32.4 Å². The van der Waals surface area contributed by atoms with Crippen molar-refractivity contribution in [3.63, 3.8) is 0 Å². The molecule has 0 spiro atoms. The van der Waals surface area contributed by atoms with Crippen LogP contribution < -0.4 is 14.8 Å². The monoisotopic (exact) mass is 293 g/mol. The molecule has 1 saturated carbocycles. The number of nitrogens with one attached hydrogen (secondary N) is 1. The molecule has 0 aliphatic heterocycles. The van der Waals surface area contributed by atoms with Gasteiger partial charge in [-0.3, -0.25) is 4.79 Å². The van der Waals surface area contributed by atoms with E-state index in [1.807, 2.05) is 0 Å². The molecule has 0 saturated heterocycles. The van der Waals surface area contributed by atoms with Gasteiger partial charge in [-0.25, -0.2) is 0 Å². The molecule has 5 heteroatoms. The van der Waals surface area contributed by atoms with E-state index >= 15 is 0 Å². The molecule has 1 atom stereocenters. The number of aliphatic hydroxyl groups excluding tert-OH is 1. The number of hydrogen-bond acceptors (Lipinski definition) is 4. The van der Waals surface area contributed by atoms with Crippen molar-refractivity contribution < 1.29 is 19.4 Å². The Morgan fingerprint density at radius 2 is 1.95 bits per heavy atom. The molecule has 1 aliphatic rings. The molecule has 0 unspecified atom stereocenters. The lowest BCUT2D eigenvalue weighted by atomic mass is 10.1. The van der Waals surface area contributed by atoms with Crippen LogP contribution in [0.5, 0.6) is 11.5 Å². The smallest absolute Gasteiger partial charge is 0.223 e. The van der Waals surface area contributed by atoms with Crippen LogP contribution in [0.3, 0.4) is 0 Å². The van der Waals surface area contributed by atoms with Crippen LogP contribution in [-0.4, -0.2) is 31.8 Å². The zero-order chi connectivity index (χ0) is 15.2. The number of rotatable bonds is 6. The molecule has 0 radical (unpaired) electrons. The van der Waals surface area contributed by atoms with Gasteiger partial charge in [0.15, 0.2) is 11.5 Å². The number of carbonyl (C=O) groups is 1. The third kappa shape index (κ3) is 3.88. The summed E-state index contributed by atoms with van der Waals surface area (Å²) in [4.78, 5) is 11.9. The fourth-order valence-electron chi connectivity index (χ4n) is 2.71. The first kappa shape index (κ1) is 15.6. The maximum atomic E-state index is 11.9. The van der Waals surface area contributed by atoms with Crippen molar-refractivity contribution in [2.75, 3.05) is 20.8 Å². The number of aliphatic hydroxyl groups is 1. The fraction of sp³-hybridized carbons (Fsp3) is 0.562. The first-order valence-electron chi connectivity index (χ1n) is 7.33. The number of benzene rings is 1. The second kappa shape index (κ2) is 7.31. The van der Waals surface area contributed by atoms with Crippen molar-refractivity contribution in [3.8, 4) is 11.5 Å². The second-order valence-electron chi connectivity index (χ2n) is 5.36. The minimum Gasteiger partial charge on any atom is -0.493 e. The zero-order valence-corrected chi connectivity index (χ0v) is 12.6. The Morgan fingerprint density at radius 3 is 2.57 bits per heavy atom. The lowest BCUT2D eigenvalue weighted by Gasteiger charge is -2.16. The summed E-state index contributed by atoms with van der Waals surface area (Å²) in [5, 5.41) is 13.0. The van der Waals surface area contributed by atoms with Crippen LogP contribution in [0.1, 0.15) is 37.4 Å². The Hall–Kier alpha value is -1.75. The molecule has 21 heavy (non-hydrogen) atoms. The number of ether oxygens (including phenoxy) is 2. The number of carbonyl (C=O) groups excluding carboxylic acids is 1. The maximum Gasteiger partial charge on any atom is 0.223 e. The molecule has 1 aliphatic carbocycles. The minimum absolute atomic E-state index is 0.0482. The van der Waals surface area contributed by atoms with Crippen molar-refractivity contribution in [2.24, 2.45) is 5.92 Å². The highest BCUT2D eigenvalue weighted by molar-refractivity contribution is 5.78. The standard InChI is InChI=1S/C16H23NO4/c1-20-14-8-7-12(9-15(14)21-2)13(18)10-17-16(19)11-5-3-4-6-11/h7-9,11,13,18H,3-6,10H2,1-2H3,(H,17,19)/t13-/m0/s1. The molecule has 0 aromatic heterocycles. The highest BCUT2D eigenvalue weighted by Gasteiger charge is 2.23. The van der Waals surface area contributed by atoms with E-state index in [-0.39, 0.29) is 18.4 Å². The quantitative estimate of drug-likeness (QED) is 0.842. The molecular formula is C16H23NO4. The summed E-state index contributed by atoms with van der Waals surface area (Å²) in [6.07, 6.45) is 3.40. The molecule has 2 rings (SSSR count). The molecule has 1 aromatic rings. The van der Waals surface area contributed by atoms with Gasteiger partial charge in [0.1, 0.15) is 0 Å². The SMILES string of the molecule is COc1ccc([C@@H](O)CNC(=O)C2CCCC2)cc1OC.